The van der Waals surface area contributed by atoms with E-state index in [2.05, 4.69) is 228 Å². The second-order valence-electron chi connectivity index (χ2n) is 13.7. The number of nitrogens with zero attached hydrogens (tertiary/aromatic N) is 2. The average molecular weight is 689 g/mol. The molecule has 1 aromatic heterocycles. The lowest BCUT2D eigenvalue weighted by atomic mass is 9.94. The first-order valence-corrected chi connectivity index (χ1v) is 18.5. The summed E-state index contributed by atoms with van der Waals surface area (Å²) in [6.45, 7) is 0. The van der Waals surface area contributed by atoms with Crippen molar-refractivity contribution in [2.45, 2.75) is 0 Å². The molecule has 0 atom stereocenters. The quantitative estimate of drug-likeness (QED) is 0.162. The van der Waals surface area contributed by atoms with Gasteiger partial charge in [0.25, 0.3) is 0 Å². The molecule has 0 bridgehead atoms. The summed E-state index contributed by atoms with van der Waals surface area (Å²) in [5, 5.41) is 4.92. The topological polar surface area (TPSA) is 8.17 Å². The van der Waals surface area contributed by atoms with E-state index in [1.165, 1.54) is 60.4 Å². The molecule has 0 aliphatic rings. The van der Waals surface area contributed by atoms with Crippen LogP contribution in [-0.4, -0.2) is 4.57 Å². The van der Waals surface area contributed by atoms with Gasteiger partial charge in [0.15, 0.2) is 0 Å². The van der Waals surface area contributed by atoms with Crippen LogP contribution in [0.1, 0.15) is 0 Å². The molecule has 0 aliphatic carbocycles. The largest absolute Gasteiger partial charge is 0.310 e. The van der Waals surface area contributed by atoms with Crippen molar-refractivity contribution >= 4 is 49.6 Å². The fraction of sp³-hybridized carbons (Fsp3) is 0. The van der Waals surface area contributed by atoms with Gasteiger partial charge in [0, 0.05) is 27.7 Å². The van der Waals surface area contributed by atoms with Gasteiger partial charge >= 0.3 is 0 Å². The molecule has 0 saturated carbocycles. The number of benzene rings is 9. The van der Waals surface area contributed by atoms with E-state index < -0.39 is 0 Å². The summed E-state index contributed by atoms with van der Waals surface area (Å²) in [5.74, 6) is 0. The van der Waals surface area contributed by atoms with Crippen molar-refractivity contribution in [3.63, 3.8) is 0 Å². The van der Waals surface area contributed by atoms with Crippen LogP contribution in [0.2, 0.25) is 0 Å². The molecule has 0 unspecified atom stereocenters. The SMILES string of the molecule is c1ccc(-c2ccc(N(c3ccccc3)c3cccc4c3c3ccccc3n4-c3ccc(-c4cccc5ccccc45)cc3-c3ccccc3)cc2)cc1. The first-order valence-electron chi connectivity index (χ1n) is 18.5. The molecule has 9 aromatic carbocycles. The zero-order valence-corrected chi connectivity index (χ0v) is 29.7. The van der Waals surface area contributed by atoms with E-state index in [4.69, 9.17) is 0 Å². The van der Waals surface area contributed by atoms with Gasteiger partial charge in [0.2, 0.25) is 0 Å². The first-order chi connectivity index (χ1) is 26.8. The highest BCUT2D eigenvalue weighted by Crippen LogP contribution is 2.45. The number of anilines is 3. The fourth-order valence-corrected chi connectivity index (χ4v) is 8.11. The molecular formula is C52H36N2. The predicted molar refractivity (Wildman–Crippen MR) is 229 cm³/mol. The maximum absolute atomic E-state index is 2.46. The minimum absolute atomic E-state index is 1.11. The maximum atomic E-state index is 2.46. The third-order valence-electron chi connectivity index (χ3n) is 10.6. The molecule has 2 nitrogen and oxygen atoms in total. The Morgan fingerprint density at radius 3 is 1.67 bits per heavy atom. The highest BCUT2D eigenvalue weighted by atomic mass is 15.1. The Morgan fingerprint density at radius 2 is 0.889 bits per heavy atom. The van der Waals surface area contributed by atoms with Crippen LogP contribution in [0.15, 0.2) is 218 Å². The normalized spacial score (nSPS) is 11.3. The molecule has 0 spiro atoms. The Kier molecular flexibility index (Phi) is 7.85. The number of fused-ring (bicyclic) bond motifs is 4. The van der Waals surface area contributed by atoms with Crippen LogP contribution in [-0.2, 0) is 0 Å². The molecule has 0 aliphatic heterocycles. The molecule has 0 saturated heterocycles. The average Bonchev–Trinajstić information content (AvgIpc) is 3.59. The van der Waals surface area contributed by atoms with Crippen LogP contribution in [0.25, 0.3) is 71.6 Å². The number of hydrogen-bond donors (Lipinski definition) is 0. The summed E-state index contributed by atoms with van der Waals surface area (Å²) in [7, 11) is 0. The Bertz CT molecular complexity index is 2900. The lowest BCUT2D eigenvalue weighted by Crippen LogP contribution is -2.10. The number of hydrogen-bond acceptors (Lipinski definition) is 1. The van der Waals surface area contributed by atoms with Crippen LogP contribution in [0, 0.1) is 0 Å². The van der Waals surface area contributed by atoms with E-state index in [-0.39, 0.29) is 0 Å². The van der Waals surface area contributed by atoms with E-state index in [1.54, 1.807) is 0 Å². The third-order valence-corrected chi connectivity index (χ3v) is 10.6. The van der Waals surface area contributed by atoms with Gasteiger partial charge in [-0.05, 0) is 93.2 Å². The van der Waals surface area contributed by atoms with E-state index >= 15 is 0 Å². The standard InChI is InChI=1S/C52H36N2/c1-4-16-37(17-5-1)38-30-33-43(34-31-38)53(42-22-8-3-9-23-42)50-28-15-29-51-52(50)46-25-12-13-27-48(46)54(51)49-35-32-41(36-47(49)40-18-6-2-7-19-40)45-26-14-21-39-20-10-11-24-44(39)45/h1-36H. The lowest BCUT2D eigenvalue weighted by molar-refractivity contribution is 1.18. The molecule has 0 fully saturated rings. The van der Waals surface area contributed by atoms with Crippen LogP contribution in [0.4, 0.5) is 17.1 Å². The van der Waals surface area contributed by atoms with Gasteiger partial charge in [-0.25, -0.2) is 0 Å². The summed E-state index contributed by atoms with van der Waals surface area (Å²) >= 11 is 0. The van der Waals surface area contributed by atoms with E-state index in [0.29, 0.717) is 0 Å². The minimum Gasteiger partial charge on any atom is -0.310 e. The van der Waals surface area contributed by atoms with Gasteiger partial charge in [-0.3, -0.25) is 0 Å². The fourth-order valence-electron chi connectivity index (χ4n) is 8.11. The van der Waals surface area contributed by atoms with Crippen LogP contribution in [0.3, 0.4) is 0 Å². The molecule has 54 heavy (non-hydrogen) atoms. The molecule has 10 rings (SSSR count). The molecule has 0 amide bonds. The number of para-hydroxylation sites is 2. The summed E-state index contributed by atoms with van der Waals surface area (Å²) in [6, 6.07) is 78.9. The smallest absolute Gasteiger partial charge is 0.0562 e. The summed E-state index contributed by atoms with van der Waals surface area (Å²) in [6.07, 6.45) is 0. The van der Waals surface area contributed by atoms with Gasteiger partial charge in [-0.2, -0.15) is 0 Å². The predicted octanol–water partition coefficient (Wildman–Crippen LogP) is 14.4. The lowest BCUT2D eigenvalue weighted by Gasteiger charge is -2.26. The highest BCUT2D eigenvalue weighted by molar-refractivity contribution is 6.17. The van der Waals surface area contributed by atoms with Gasteiger partial charge in [0.1, 0.15) is 0 Å². The van der Waals surface area contributed by atoms with Crippen molar-refractivity contribution in [2.75, 3.05) is 4.90 Å². The molecule has 0 radical (unpaired) electrons. The van der Waals surface area contributed by atoms with Crippen LogP contribution in [0.5, 0.6) is 0 Å². The molecule has 0 N–H and O–H groups in total. The maximum Gasteiger partial charge on any atom is 0.0562 e. The van der Waals surface area contributed by atoms with Gasteiger partial charge in [0.05, 0.1) is 22.4 Å². The number of aromatic nitrogens is 1. The third kappa shape index (κ3) is 5.44. The Labute approximate surface area is 315 Å². The summed E-state index contributed by atoms with van der Waals surface area (Å²) < 4.78 is 2.46. The van der Waals surface area contributed by atoms with Crippen LogP contribution < -0.4 is 4.90 Å². The van der Waals surface area contributed by atoms with E-state index in [0.717, 1.165) is 28.3 Å². The monoisotopic (exact) mass is 688 g/mol. The van der Waals surface area contributed by atoms with Crippen molar-refractivity contribution < 1.29 is 0 Å². The van der Waals surface area contributed by atoms with E-state index in [9.17, 15) is 0 Å². The zero-order valence-electron chi connectivity index (χ0n) is 29.7. The molecule has 254 valence electrons. The van der Waals surface area contributed by atoms with Crippen molar-refractivity contribution in [3.8, 4) is 39.1 Å². The summed E-state index contributed by atoms with van der Waals surface area (Å²) in [4.78, 5) is 2.40. The van der Waals surface area contributed by atoms with E-state index in [1.807, 2.05) is 0 Å². The van der Waals surface area contributed by atoms with Crippen molar-refractivity contribution in [2.24, 2.45) is 0 Å². The number of rotatable bonds is 7. The Hall–Kier alpha value is -7.16. The molecular weight excluding hydrogens is 653 g/mol. The minimum atomic E-state index is 1.11. The Morgan fingerprint density at radius 1 is 0.333 bits per heavy atom. The first kappa shape index (κ1) is 31.6. The van der Waals surface area contributed by atoms with Crippen molar-refractivity contribution in [1.82, 2.24) is 4.57 Å². The van der Waals surface area contributed by atoms with Gasteiger partial charge < -0.3 is 9.47 Å². The van der Waals surface area contributed by atoms with Crippen LogP contribution >= 0.6 is 0 Å². The molecule has 1 heterocycles. The van der Waals surface area contributed by atoms with Crippen molar-refractivity contribution in [1.29, 1.82) is 0 Å². The summed E-state index contributed by atoms with van der Waals surface area (Å²) in [5.41, 5.74) is 14.0. The molecule has 10 aromatic rings. The highest BCUT2D eigenvalue weighted by Gasteiger charge is 2.22. The molecule has 2 heteroatoms. The second kappa shape index (κ2) is 13.4. The van der Waals surface area contributed by atoms with Gasteiger partial charge in [-0.1, -0.05) is 164 Å². The Balaban J connectivity index is 1.21. The second-order valence-corrected chi connectivity index (χ2v) is 13.7. The zero-order chi connectivity index (χ0) is 35.8. The van der Waals surface area contributed by atoms with Crippen molar-refractivity contribution in [3.05, 3.63) is 218 Å². The van der Waals surface area contributed by atoms with Gasteiger partial charge in [-0.15, -0.1) is 0 Å².